The van der Waals surface area contributed by atoms with Gasteiger partial charge in [0.1, 0.15) is 0 Å². The molecule has 0 saturated heterocycles. The Morgan fingerprint density at radius 1 is 1.75 bits per heavy atom. The summed E-state index contributed by atoms with van der Waals surface area (Å²) in [5.41, 5.74) is 0. The third kappa shape index (κ3) is 1.82. The fourth-order valence-corrected chi connectivity index (χ4v) is 0.299. The van der Waals surface area contributed by atoms with Gasteiger partial charge in [0.05, 0.1) is 7.11 Å². The van der Waals surface area contributed by atoms with Crippen LogP contribution < -0.4 is 0 Å². The van der Waals surface area contributed by atoms with Gasteiger partial charge in [-0.3, -0.25) is 5.41 Å². The third-order valence-electron chi connectivity index (χ3n) is 1.01. The number of nitrogens with one attached hydrogen (secondary N) is 1. The first-order valence-corrected chi connectivity index (χ1v) is 2.56. The van der Waals surface area contributed by atoms with Gasteiger partial charge in [0, 0.05) is 13.6 Å². The van der Waals surface area contributed by atoms with Gasteiger partial charge >= 0.3 is 0 Å². The molecule has 0 radical (unpaired) electrons. The third-order valence-corrected chi connectivity index (χ3v) is 1.01. The molecule has 0 aliphatic rings. The Morgan fingerprint density at radius 3 is 2.38 bits per heavy atom. The van der Waals surface area contributed by atoms with E-state index in [1.807, 2.05) is 14.0 Å². The van der Waals surface area contributed by atoms with Gasteiger partial charge in [0.2, 0.25) is 0 Å². The van der Waals surface area contributed by atoms with Gasteiger partial charge < -0.3 is 9.64 Å². The number of amidine groups is 1. The molecule has 0 atom stereocenters. The van der Waals surface area contributed by atoms with E-state index in [4.69, 9.17) is 5.41 Å². The van der Waals surface area contributed by atoms with E-state index >= 15 is 0 Å². The second kappa shape index (κ2) is 3.29. The van der Waals surface area contributed by atoms with Gasteiger partial charge in [0.15, 0.2) is 0 Å². The van der Waals surface area contributed by atoms with Crippen LogP contribution in [0.3, 0.4) is 0 Å². The first-order valence-electron chi connectivity index (χ1n) is 2.56. The standard InChI is InChI=1S/C5H12N2O/c1-4-7(2)5(6)8-3/h6H,4H2,1-3H3. The van der Waals surface area contributed by atoms with Crippen LogP contribution in [0.4, 0.5) is 0 Å². The molecule has 0 aromatic carbocycles. The fraction of sp³-hybridized carbons (Fsp3) is 0.800. The molecule has 0 aromatic rings. The first-order chi connectivity index (χ1) is 3.72. The lowest BCUT2D eigenvalue weighted by Gasteiger charge is -2.14. The van der Waals surface area contributed by atoms with Crippen LogP contribution in [-0.4, -0.2) is 31.6 Å². The first kappa shape index (κ1) is 7.27. The number of methoxy groups -OCH3 is 1. The van der Waals surface area contributed by atoms with Crippen molar-refractivity contribution in [2.45, 2.75) is 6.92 Å². The van der Waals surface area contributed by atoms with Crippen LogP contribution in [0.2, 0.25) is 0 Å². The van der Waals surface area contributed by atoms with E-state index in [0.717, 1.165) is 6.54 Å². The Bertz CT molecular complexity index is 82.5. The largest absolute Gasteiger partial charge is 0.469 e. The Hall–Kier alpha value is -0.730. The molecule has 0 fully saturated rings. The minimum Gasteiger partial charge on any atom is -0.469 e. The predicted octanol–water partition coefficient (Wildman–Crippen LogP) is 0.519. The Labute approximate surface area is 49.8 Å². The van der Waals surface area contributed by atoms with Crippen molar-refractivity contribution in [3.05, 3.63) is 0 Å². The molecule has 48 valence electrons. The number of rotatable bonds is 1. The van der Waals surface area contributed by atoms with Gasteiger partial charge in [-0.15, -0.1) is 0 Å². The van der Waals surface area contributed by atoms with Crippen molar-refractivity contribution in [2.75, 3.05) is 20.7 Å². The molecule has 1 N–H and O–H groups in total. The van der Waals surface area contributed by atoms with Crippen LogP contribution >= 0.6 is 0 Å². The minimum absolute atomic E-state index is 0.215. The van der Waals surface area contributed by atoms with Crippen LogP contribution in [0, 0.1) is 5.41 Å². The van der Waals surface area contributed by atoms with E-state index in [1.54, 1.807) is 4.90 Å². The summed E-state index contributed by atoms with van der Waals surface area (Å²) in [5.74, 6) is 0. The summed E-state index contributed by atoms with van der Waals surface area (Å²) in [6.45, 7) is 2.78. The lowest BCUT2D eigenvalue weighted by molar-refractivity contribution is 0.310. The normalized spacial score (nSPS) is 8.38. The summed E-state index contributed by atoms with van der Waals surface area (Å²) in [7, 11) is 3.31. The quantitative estimate of drug-likeness (QED) is 0.400. The maximum atomic E-state index is 7.05. The van der Waals surface area contributed by atoms with Crippen LogP contribution in [-0.2, 0) is 4.74 Å². The average molecular weight is 116 g/mol. The predicted molar refractivity (Wildman–Crippen MR) is 33.0 cm³/mol. The smallest absolute Gasteiger partial charge is 0.283 e. The van der Waals surface area contributed by atoms with Gasteiger partial charge in [-0.05, 0) is 6.92 Å². The number of ether oxygens (including phenoxy) is 1. The van der Waals surface area contributed by atoms with E-state index in [9.17, 15) is 0 Å². The summed E-state index contributed by atoms with van der Waals surface area (Å²) < 4.78 is 4.61. The second-order valence-electron chi connectivity index (χ2n) is 1.52. The van der Waals surface area contributed by atoms with Crippen molar-refractivity contribution in [1.29, 1.82) is 5.41 Å². The monoisotopic (exact) mass is 116 g/mol. The zero-order valence-electron chi connectivity index (χ0n) is 5.56. The Balaban J connectivity index is 3.46. The van der Waals surface area contributed by atoms with Crippen LogP contribution in [0.15, 0.2) is 0 Å². The summed E-state index contributed by atoms with van der Waals surface area (Å²) in [6.07, 6.45) is 0. The molecule has 0 spiro atoms. The van der Waals surface area contributed by atoms with Crippen LogP contribution in [0.5, 0.6) is 0 Å². The number of hydrogen-bond donors (Lipinski definition) is 1. The molecule has 3 heteroatoms. The molecule has 0 aromatic heterocycles. The molecule has 0 unspecified atom stereocenters. The van der Waals surface area contributed by atoms with Crippen molar-refractivity contribution >= 4 is 6.02 Å². The van der Waals surface area contributed by atoms with Crippen molar-refractivity contribution in [3.63, 3.8) is 0 Å². The van der Waals surface area contributed by atoms with E-state index in [-0.39, 0.29) is 6.02 Å². The Morgan fingerprint density at radius 2 is 2.25 bits per heavy atom. The SMILES string of the molecule is CCN(C)C(=N)OC. The van der Waals surface area contributed by atoms with Crippen LogP contribution in [0.1, 0.15) is 6.92 Å². The minimum atomic E-state index is 0.215. The number of hydrogen-bond acceptors (Lipinski definition) is 2. The topological polar surface area (TPSA) is 36.3 Å². The van der Waals surface area contributed by atoms with Crippen molar-refractivity contribution < 1.29 is 4.74 Å². The van der Waals surface area contributed by atoms with E-state index in [0.29, 0.717) is 0 Å². The van der Waals surface area contributed by atoms with Crippen molar-refractivity contribution in [1.82, 2.24) is 4.90 Å². The van der Waals surface area contributed by atoms with E-state index in [1.165, 1.54) is 7.11 Å². The molecular formula is C5H12N2O. The molecular weight excluding hydrogens is 104 g/mol. The van der Waals surface area contributed by atoms with E-state index in [2.05, 4.69) is 4.74 Å². The van der Waals surface area contributed by atoms with Crippen molar-refractivity contribution in [3.8, 4) is 0 Å². The lowest BCUT2D eigenvalue weighted by atomic mass is 10.7. The maximum absolute atomic E-state index is 7.05. The van der Waals surface area contributed by atoms with Gasteiger partial charge in [-0.2, -0.15) is 0 Å². The Kier molecular flexibility index (Phi) is 2.99. The molecule has 0 rings (SSSR count). The molecule has 0 bridgehead atoms. The highest BCUT2D eigenvalue weighted by molar-refractivity contribution is 5.69. The maximum Gasteiger partial charge on any atom is 0.283 e. The summed E-state index contributed by atoms with van der Waals surface area (Å²) in [4.78, 5) is 1.71. The van der Waals surface area contributed by atoms with Gasteiger partial charge in [-0.25, -0.2) is 0 Å². The molecule has 0 heterocycles. The summed E-state index contributed by atoms with van der Waals surface area (Å²) in [6, 6.07) is 0.215. The highest BCUT2D eigenvalue weighted by Gasteiger charge is 1.96. The second-order valence-corrected chi connectivity index (χ2v) is 1.52. The molecule has 0 saturated carbocycles. The van der Waals surface area contributed by atoms with Crippen LogP contribution in [0.25, 0.3) is 0 Å². The highest BCUT2D eigenvalue weighted by Crippen LogP contribution is 1.82. The molecule has 8 heavy (non-hydrogen) atoms. The highest BCUT2D eigenvalue weighted by atomic mass is 16.5. The number of nitrogens with zero attached hydrogens (tertiary/aromatic N) is 1. The van der Waals surface area contributed by atoms with Gasteiger partial charge in [0.25, 0.3) is 6.02 Å². The molecule has 3 nitrogen and oxygen atoms in total. The van der Waals surface area contributed by atoms with Crippen molar-refractivity contribution in [2.24, 2.45) is 0 Å². The lowest BCUT2D eigenvalue weighted by Crippen LogP contribution is -2.26. The zero-order chi connectivity index (χ0) is 6.57. The van der Waals surface area contributed by atoms with Gasteiger partial charge in [-0.1, -0.05) is 0 Å². The summed E-state index contributed by atoms with van der Waals surface area (Å²) >= 11 is 0. The zero-order valence-corrected chi connectivity index (χ0v) is 5.56. The molecule has 0 amide bonds. The molecule has 0 aliphatic heterocycles. The average Bonchev–Trinajstić information content (AvgIpc) is 1.84. The van der Waals surface area contributed by atoms with E-state index < -0.39 is 0 Å². The molecule has 0 aliphatic carbocycles. The fourth-order valence-electron chi connectivity index (χ4n) is 0.299. The summed E-state index contributed by atoms with van der Waals surface area (Å²) in [5, 5.41) is 7.05.